The van der Waals surface area contributed by atoms with E-state index in [0.29, 0.717) is 17.7 Å². The number of ketones is 1. The minimum Gasteiger partial charge on any atom is -0.481 e. The van der Waals surface area contributed by atoms with Crippen molar-refractivity contribution >= 4 is 21.7 Å². The number of halogens is 1. The molecule has 3 heteroatoms. The molecule has 0 amide bonds. The van der Waals surface area contributed by atoms with E-state index in [4.69, 9.17) is 4.74 Å². The standard InChI is InChI=1S/C18H15BrO2/c19-13-7-8-17-14(10-13)16(20)11-18(21-17)9-3-5-12-4-1-2-6-15(12)18/h1-2,4,6-8,10H,3,5,9,11H2. The Bertz CT molecular complexity index is 738. The number of carbonyl (C=O) groups is 1. The van der Waals surface area contributed by atoms with Crippen molar-refractivity contribution in [2.45, 2.75) is 31.3 Å². The topological polar surface area (TPSA) is 26.3 Å². The Morgan fingerprint density at radius 3 is 2.90 bits per heavy atom. The number of Topliss-reactive ketones (excluding diaryl/α,β-unsaturated/α-hetero) is 1. The highest BCUT2D eigenvalue weighted by atomic mass is 79.9. The molecule has 21 heavy (non-hydrogen) atoms. The lowest BCUT2D eigenvalue weighted by Crippen LogP contribution is -2.42. The first-order chi connectivity index (χ1) is 10.2. The van der Waals surface area contributed by atoms with Gasteiger partial charge in [0, 0.05) is 4.47 Å². The van der Waals surface area contributed by atoms with Gasteiger partial charge in [-0.3, -0.25) is 4.79 Å². The molecule has 1 aliphatic heterocycles. The molecule has 106 valence electrons. The van der Waals surface area contributed by atoms with Crippen molar-refractivity contribution in [2.24, 2.45) is 0 Å². The zero-order valence-electron chi connectivity index (χ0n) is 11.6. The van der Waals surface area contributed by atoms with Crippen molar-refractivity contribution < 1.29 is 9.53 Å². The molecular weight excluding hydrogens is 328 g/mol. The van der Waals surface area contributed by atoms with Gasteiger partial charge in [0.2, 0.25) is 0 Å². The van der Waals surface area contributed by atoms with Crippen LogP contribution in [-0.4, -0.2) is 5.78 Å². The summed E-state index contributed by atoms with van der Waals surface area (Å²) < 4.78 is 7.29. The van der Waals surface area contributed by atoms with Gasteiger partial charge in [0.15, 0.2) is 5.78 Å². The van der Waals surface area contributed by atoms with Crippen LogP contribution in [0.1, 0.15) is 40.7 Å². The molecule has 2 aliphatic rings. The number of hydrogen-bond acceptors (Lipinski definition) is 2. The lowest BCUT2D eigenvalue weighted by Gasteiger charge is -2.42. The predicted octanol–water partition coefficient (Wildman–Crippen LogP) is 4.65. The number of carbonyl (C=O) groups excluding carboxylic acids is 1. The molecule has 0 saturated heterocycles. The molecule has 4 rings (SSSR count). The van der Waals surface area contributed by atoms with Crippen LogP contribution in [0.2, 0.25) is 0 Å². The van der Waals surface area contributed by atoms with E-state index < -0.39 is 5.60 Å². The molecule has 1 spiro atoms. The number of ether oxygens (including phenoxy) is 1. The predicted molar refractivity (Wildman–Crippen MR) is 84.8 cm³/mol. The quantitative estimate of drug-likeness (QED) is 0.696. The number of fused-ring (bicyclic) bond motifs is 3. The van der Waals surface area contributed by atoms with Gasteiger partial charge in [-0.15, -0.1) is 0 Å². The average molecular weight is 343 g/mol. The summed E-state index contributed by atoms with van der Waals surface area (Å²) in [6, 6.07) is 14.1. The van der Waals surface area contributed by atoms with Gasteiger partial charge in [0.05, 0.1) is 12.0 Å². The Kier molecular flexibility index (Phi) is 2.93. The Hall–Kier alpha value is -1.61. The lowest BCUT2D eigenvalue weighted by molar-refractivity contribution is 0.0253. The summed E-state index contributed by atoms with van der Waals surface area (Å²) in [6.45, 7) is 0. The summed E-state index contributed by atoms with van der Waals surface area (Å²) in [5.41, 5.74) is 2.74. The molecule has 1 atom stereocenters. The minimum atomic E-state index is -0.466. The van der Waals surface area contributed by atoms with Gasteiger partial charge in [-0.1, -0.05) is 40.2 Å². The van der Waals surface area contributed by atoms with E-state index in [1.165, 1.54) is 11.1 Å². The molecule has 1 aliphatic carbocycles. The lowest BCUT2D eigenvalue weighted by atomic mass is 9.74. The summed E-state index contributed by atoms with van der Waals surface area (Å²) in [6.07, 6.45) is 3.48. The van der Waals surface area contributed by atoms with E-state index in [1.54, 1.807) is 0 Å². The normalized spacial score (nSPS) is 23.4. The van der Waals surface area contributed by atoms with Gasteiger partial charge in [0.25, 0.3) is 0 Å². The Balaban J connectivity index is 1.85. The molecule has 1 heterocycles. The fourth-order valence-corrected chi connectivity index (χ4v) is 3.94. The van der Waals surface area contributed by atoms with Crippen LogP contribution < -0.4 is 4.74 Å². The average Bonchev–Trinajstić information content (AvgIpc) is 2.49. The third-order valence-corrected chi connectivity index (χ3v) is 5.02. The van der Waals surface area contributed by atoms with Crippen LogP contribution >= 0.6 is 15.9 Å². The third-order valence-electron chi connectivity index (χ3n) is 4.53. The van der Waals surface area contributed by atoms with Crippen LogP contribution in [-0.2, 0) is 12.0 Å². The molecule has 2 nitrogen and oxygen atoms in total. The van der Waals surface area contributed by atoms with Crippen LogP contribution in [0, 0.1) is 0 Å². The Morgan fingerprint density at radius 1 is 1.14 bits per heavy atom. The summed E-state index contributed by atoms with van der Waals surface area (Å²) >= 11 is 3.42. The zero-order valence-corrected chi connectivity index (χ0v) is 13.2. The molecule has 2 aromatic rings. The van der Waals surface area contributed by atoms with Gasteiger partial charge in [-0.2, -0.15) is 0 Å². The van der Waals surface area contributed by atoms with Gasteiger partial charge >= 0.3 is 0 Å². The first kappa shape index (κ1) is 13.1. The van der Waals surface area contributed by atoms with Crippen molar-refractivity contribution in [3.05, 3.63) is 63.6 Å². The first-order valence-electron chi connectivity index (χ1n) is 7.28. The van der Waals surface area contributed by atoms with Gasteiger partial charge in [-0.05, 0) is 48.6 Å². The van der Waals surface area contributed by atoms with Crippen LogP contribution in [0.5, 0.6) is 5.75 Å². The molecule has 0 N–H and O–H groups in total. The highest BCUT2D eigenvalue weighted by molar-refractivity contribution is 9.10. The summed E-state index contributed by atoms with van der Waals surface area (Å²) in [5.74, 6) is 0.889. The highest BCUT2D eigenvalue weighted by Gasteiger charge is 2.44. The van der Waals surface area contributed by atoms with Crippen molar-refractivity contribution in [2.75, 3.05) is 0 Å². The fraction of sp³-hybridized carbons (Fsp3) is 0.278. The number of aryl methyl sites for hydroxylation is 1. The summed E-state index contributed by atoms with van der Waals surface area (Å²) in [4.78, 5) is 12.6. The molecular formula is C18H15BrO2. The largest absolute Gasteiger partial charge is 0.481 e. The maximum atomic E-state index is 12.6. The van der Waals surface area contributed by atoms with Crippen LogP contribution in [0.4, 0.5) is 0 Å². The number of rotatable bonds is 0. The van der Waals surface area contributed by atoms with Gasteiger partial charge in [-0.25, -0.2) is 0 Å². The van der Waals surface area contributed by atoms with Crippen LogP contribution in [0.3, 0.4) is 0 Å². The van der Waals surface area contributed by atoms with Crippen molar-refractivity contribution in [3.8, 4) is 5.75 Å². The van der Waals surface area contributed by atoms with E-state index >= 15 is 0 Å². The van der Waals surface area contributed by atoms with Crippen molar-refractivity contribution in [1.29, 1.82) is 0 Å². The van der Waals surface area contributed by atoms with Crippen molar-refractivity contribution in [1.82, 2.24) is 0 Å². The zero-order chi connectivity index (χ0) is 14.4. The summed E-state index contributed by atoms with van der Waals surface area (Å²) in [5, 5.41) is 0. The maximum Gasteiger partial charge on any atom is 0.170 e. The molecule has 0 radical (unpaired) electrons. The van der Waals surface area contributed by atoms with Crippen LogP contribution in [0.25, 0.3) is 0 Å². The maximum absolute atomic E-state index is 12.6. The highest BCUT2D eigenvalue weighted by Crippen LogP contribution is 2.46. The Labute approximate surface area is 132 Å². The van der Waals surface area contributed by atoms with Crippen LogP contribution in [0.15, 0.2) is 46.9 Å². The second kappa shape index (κ2) is 4.70. The Morgan fingerprint density at radius 2 is 2.00 bits per heavy atom. The SMILES string of the molecule is O=C1CC2(CCCc3ccccc32)Oc2ccc(Br)cc21. The van der Waals surface area contributed by atoms with Gasteiger partial charge < -0.3 is 4.74 Å². The molecule has 2 aromatic carbocycles. The fourth-order valence-electron chi connectivity index (χ4n) is 3.58. The second-order valence-electron chi connectivity index (χ2n) is 5.85. The number of benzene rings is 2. The first-order valence-corrected chi connectivity index (χ1v) is 8.07. The summed E-state index contributed by atoms with van der Waals surface area (Å²) in [7, 11) is 0. The minimum absolute atomic E-state index is 0.175. The van der Waals surface area contributed by atoms with E-state index in [2.05, 4.69) is 34.1 Å². The second-order valence-corrected chi connectivity index (χ2v) is 6.76. The van der Waals surface area contributed by atoms with E-state index in [-0.39, 0.29) is 5.78 Å². The monoisotopic (exact) mass is 342 g/mol. The smallest absolute Gasteiger partial charge is 0.170 e. The molecule has 1 unspecified atom stereocenters. The molecule has 0 saturated carbocycles. The van der Waals surface area contributed by atoms with E-state index in [9.17, 15) is 4.79 Å². The van der Waals surface area contributed by atoms with Gasteiger partial charge in [0.1, 0.15) is 11.4 Å². The molecule has 0 aromatic heterocycles. The van der Waals surface area contributed by atoms with E-state index in [0.717, 1.165) is 23.7 Å². The van der Waals surface area contributed by atoms with Crippen molar-refractivity contribution in [3.63, 3.8) is 0 Å². The van der Waals surface area contributed by atoms with E-state index in [1.807, 2.05) is 24.3 Å². The third kappa shape index (κ3) is 2.03. The molecule has 0 bridgehead atoms. The number of hydrogen-bond donors (Lipinski definition) is 0. The molecule has 0 fully saturated rings.